The number of nitrogens with one attached hydrogen (secondary N) is 1. The molecule has 0 aliphatic rings. The molecule has 1 N–H and O–H groups in total. The van der Waals surface area contributed by atoms with Gasteiger partial charge in [-0.05, 0) is 18.6 Å². The van der Waals surface area contributed by atoms with E-state index < -0.39 is 11.6 Å². The zero-order valence-electron chi connectivity index (χ0n) is 10.7. The van der Waals surface area contributed by atoms with Crippen molar-refractivity contribution >= 4 is 17.5 Å². The number of benzene rings is 1. The summed E-state index contributed by atoms with van der Waals surface area (Å²) in [6, 6.07) is 3.18. The quantitative estimate of drug-likeness (QED) is 0.905. The number of ether oxygens (including phenoxy) is 1. The molecule has 0 unspecified atom stereocenters. The van der Waals surface area contributed by atoms with Gasteiger partial charge in [-0.15, -0.1) is 0 Å². The van der Waals surface area contributed by atoms with Crippen LogP contribution in [0.2, 0.25) is 5.02 Å². The topological polar surface area (TPSA) is 47.0 Å². The van der Waals surface area contributed by atoms with Gasteiger partial charge in [0.1, 0.15) is 10.8 Å². The lowest BCUT2D eigenvalue weighted by Gasteiger charge is -2.09. The Bertz CT molecular complexity index is 610. The van der Waals surface area contributed by atoms with Crippen LogP contribution in [0.25, 0.3) is 0 Å². The highest BCUT2D eigenvalue weighted by molar-refractivity contribution is 6.31. The van der Waals surface area contributed by atoms with Crippen LogP contribution < -0.4 is 10.1 Å². The van der Waals surface area contributed by atoms with Crippen LogP contribution in [-0.2, 0) is 0 Å². The van der Waals surface area contributed by atoms with E-state index in [4.69, 9.17) is 16.3 Å². The monoisotopic (exact) mass is 299 g/mol. The molecule has 0 atom stereocenters. The van der Waals surface area contributed by atoms with Crippen molar-refractivity contribution < 1.29 is 13.5 Å². The van der Waals surface area contributed by atoms with Gasteiger partial charge in [0.15, 0.2) is 11.6 Å². The average molecular weight is 300 g/mol. The molecule has 1 aromatic heterocycles. The van der Waals surface area contributed by atoms with Crippen molar-refractivity contribution in [1.29, 1.82) is 0 Å². The van der Waals surface area contributed by atoms with E-state index in [9.17, 15) is 8.78 Å². The molecule has 0 radical (unpaired) electrons. The zero-order chi connectivity index (χ0) is 14.5. The van der Waals surface area contributed by atoms with E-state index in [0.717, 1.165) is 18.6 Å². The number of rotatable bonds is 5. The molecule has 106 valence electrons. The molecule has 7 heteroatoms. The van der Waals surface area contributed by atoms with Crippen molar-refractivity contribution in [3.8, 4) is 11.6 Å². The minimum absolute atomic E-state index is 0.0753. The highest BCUT2D eigenvalue weighted by Gasteiger charge is 2.10. The SMILES string of the molecule is CCCNc1ncc(Cl)c(Oc2ccc(F)c(F)c2)n1. The largest absolute Gasteiger partial charge is 0.437 e. The molecule has 0 aliphatic carbocycles. The predicted octanol–water partition coefficient (Wildman–Crippen LogP) is 4.02. The smallest absolute Gasteiger partial charge is 0.243 e. The number of aromatic nitrogens is 2. The molecule has 0 aliphatic heterocycles. The van der Waals surface area contributed by atoms with Crippen LogP contribution in [0.15, 0.2) is 24.4 Å². The summed E-state index contributed by atoms with van der Waals surface area (Å²) < 4.78 is 31.3. The normalized spacial score (nSPS) is 10.4. The van der Waals surface area contributed by atoms with Gasteiger partial charge < -0.3 is 10.1 Å². The van der Waals surface area contributed by atoms with Crippen molar-refractivity contribution in [1.82, 2.24) is 9.97 Å². The standard InChI is InChI=1S/C13H12ClF2N3O/c1-2-5-17-13-18-7-9(14)12(19-13)20-8-3-4-10(15)11(16)6-8/h3-4,6-7H,2,5H2,1H3,(H,17,18,19). The molecular weight excluding hydrogens is 288 g/mol. The Balaban J connectivity index is 2.20. The fourth-order valence-electron chi connectivity index (χ4n) is 1.40. The number of halogens is 3. The number of hydrogen-bond acceptors (Lipinski definition) is 4. The van der Waals surface area contributed by atoms with Crippen LogP contribution in [0.1, 0.15) is 13.3 Å². The fraction of sp³-hybridized carbons (Fsp3) is 0.231. The van der Waals surface area contributed by atoms with E-state index in [0.29, 0.717) is 12.5 Å². The van der Waals surface area contributed by atoms with E-state index in [-0.39, 0.29) is 16.7 Å². The van der Waals surface area contributed by atoms with Gasteiger partial charge in [-0.2, -0.15) is 4.98 Å². The third-order valence-electron chi connectivity index (χ3n) is 2.35. The van der Waals surface area contributed by atoms with E-state index in [1.807, 2.05) is 6.92 Å². The third kappa shape index (κ3) is 3.54. The van der Waals surface area contributed by atoms with Crippen molar-refractivity contribution in [3.63, 3.8) is 0 Å². The molecule has 2 aromatic rings. The maximum atomic E-state index is 13.1. The molecule has 1 aromatic carbocycles. The van der Waals surface area contributed by atoms with Gasteiger partial charge in [0.2, 0.25) is 11.8 Å². The Hall–Kier alpha value is -1.95. The van der Waals surface area contributed by atoms with Gasteiger partial charge in [0.25, 0.3) is 0 Å². The molecule has 4 nitrogen and oxygen atoms in total. The van der Waals surface area contributed by atoms with E-state index in [2.05, 4.69) is 15.3 Å². The first-order valence-corrected chi connectivity index (χ1v) is 6.37. The molecule has 20 heavy (non-hydrogen) atoms. The summed E-state index contributed by atoms with van der Waals surface area (Å²) in [5.74, 6) is -1.42. The van der Waals surface area contributed by atoms with Crippen LogP contribution in [0.4, 0.5) is 14.7 Å². The third-order valence-corrected chi connectivity index (χ3v) is 2.61. The second-order valence-corrected chi connectivity index (χ2v) is 4.36. The second kappa shape index (κ2) is 6.47. The maximum absolute atomic E-state index is 13.1. The minimum Gasteiger partial charge on any atom is -0.437 e. The predicted molar refractivity (Wildman–Crippen MR) is 72.3 cm³/mol. The lowest BCUT2D eigenvalue weighted by atomic mass is 10.3. The summed E-state index contributed by atoms with van der Waals surface area (Å²) in [6.45, 7) is 2.70. The summed E-state index contributed by atoms with van der Waals surface area (Å²) >= 11 is 5.91. The van der Waals surface area contributed by atoms with Crippen LogP contribution in [0.5, 0.6) is 11.6 Å². The zero-order valence-corrected chi connectivity index (χ0v) is 11.4. The van der Waals surface area contributed by atoms with E-state index in [1.165, 1.54) is 12.3 Å². The van der Waals surface area contributed by atoms with Crippen LogP contribution in [0.3, 0.4) is 0 Å². The Morgan fingerprint density at radius 1 is 1.30 bits per heavy atom. The van der Waals surface area contributed by atoms with Gasteiger partial charge in [-0.3, -0.25) is 0 Å². The van der Waals surface area contributed by atoms with Crippen LogP contribution in [0, 0.1) is 11.6 Å². The molecular formula is C13H12ClF2N3O. The van der Waals surface area contributed by atoms with Gasteiger partial charge in [0, 0.05) is 12.6 Å². The van der Waals surface area contributed by atoms with Gasteiger partial charge in [-0.25, -0.2) is 13.8 Å². The van der Waals surface area contributed by atoms with Crippen molar-refractivity contribution in [3.05, 3.63) is 41.1 Å². The molecule has 0 bridgehead atoms. The van der Waals surface area contributed by atoms with Crippen molar-refractivity contribution in [2.24, 2.45) is 0 Å². The number of hydrogen-bond donors (Lipinski definition) is 1. The molecule has 1 heterocycles. The van der Waals surface area contributed by atoms with Crippen LogP contribution >= 0.6 is 11.6 Å². The first-order valence-electron chi connectivity index (χ1n) is 5.99. The number of anilines is 1. The highest BCUT2D eigenvalue weighted by Crippen LogP contribution is 2.28. The maximum Gasteiger partial charge on any atom is 0.243 e. The summed E-state index contributed by atoms with van der Waals surface area (Å²) in [5.41, 5.74) is 0. The first-order chi connectivity index (χ1) is 9.60. The van der Waals surface area contributed by atoms with Gasteiger partial charge >= 0.3 is 0 Å². The lowest BCUT2D eigenvalue weighted by molar-refractivity contribution is 0.447. The first kappa shape index (κ1) is 14.5. The van der Waals surface area contributed by atoms with Gasteiger partial charge in [0.05, 0.1) is 6.20 Å². The lowest BCUT2D eigenvalue weighted by Crippen LogP contribution is -2.05. The van der Waals surface area contributed by atoms with Gasteiger partial charge in [-0.1, -0.05) is 18.5 Å². The Kier molecular flexibility index (Phi) is 4.68. The molecule has 0 fully saturated rings. The Morgan fingerprint density at radius 3 is 2.80 bits per heavy atom. The average Bonchev–Trinajstić information content (AvgIpc) is 2.44. The summed E-state index contributed by atoms with van der Waals surface area (Å²) in [4.78, 5) is 8.05. The van der Waals surface area contributed by atoms with E-state index >= 15 is 0 Å². The fourth-order valence-corrected chi connectivity index (χ4v) is 1.53. The Labute approximate surface area is 119 Å². The number of nitrogens with zero attached hydrogens (tertiary/aromatic N) is 2. The van der Waals surface area contributed by atoms with E-state index in [1.54, 1.807) is 0 Å². The molecule has 0 amide bonds. The van der Waals surface area contributed by atoms with Crippen molar-refractivity contribution in [2.45, 2.75) is 13.3 Å². The molecule has 0 saturated heterocycles. The Morgan fingerprint density at radius 2 is 2.10 bits per heavy atom. The summed E-state index contributed by atoms with van der Waals surface area (Å²) in [5, 5.41) is 3.15. The molecule has 0 spiro atoms. The molecule has 0 saturated carbocycles. The minimum atomic E-state index is -1.00. The second-order valence-electron chi connectivity index (χ2n) is 3.95. The summed E-state index contributed by atoms with van der Waals surface area (Å²) in [6.07, 6.45) is 2.28. The highest BCUT2D eigenvalue weighted by atomic mass is 35.5. The van der Waals surface area contributed by atoms with Crippen molar-refractivity contribution in [2.75, 3.05) is 11.9 Å². The summed E-state index contributed by atoms with van der Waals surface area (Å²) in [7, 11) is 0. The van der Waals surface area contributed by atoms with Crippen LogP contribution in [-0.4, -0.2) is 16.5 Å². The molecule has 2 rings (SSSR count).